The number of amides is 1. The van der Waals surface area contributed by atoms with Gasteiger partial charge in [-0.25, -0.2) is 9.59 Å². The first-order valence-electron chi connectivity index (χ1n) is 10.1. The minimum Gasteiger partial charge on any atom is -0.497 e. The Bertz CT molecular complexity index is 871. The van der Waals surface area contributed by atoms with Crippen LogP contribution in [0.2, 0.25) is 0 Å². The van der Waals surface area contributed by atoms with Crippen LogP contribution in [-0.4, -0.2) is 36.6 Å². The Morgan fingerprint density at radius 1 is 0.968 bits per heavy atom. The summed E-state index contributed by atoms with van der Waals surface area (Å²) in [6, 6.07) is 14.9. The zero-order chi connectivity index (χ0) is 22.9. The average molecular weight is 427 g/mol. The lowest BCUT2D eigenvalue weighted by Gasteiger charge is -2.24. The second-order valence-corrected chi connectivity index (χ2v) is 7.98. The molecule has 0 saturated carbocycles. The van der Waals surface area contributed by atoms with Crippen molar-refractivity contribution in [3.8, 4) is 5.75 Å². The number of carbonyl (C=O) groups is 3. The van der Waals surface area contributed by atoms with E-state index in [4.69, 9.17) is 14.2 Å². The standard InChI is InChI=1S/C24H29NO6/c1-24(2,3)31-22(27)20(25-23(28)30-16-17-8-6-5-7-9-17)14-15-21(26)18-10-12-19(29-4)13-11-18/h5-13,20H,14-16H2,1-4H3,(H,25,28). The number of ether oxygens (including phenoxy) is 3. The van der Waals surface area contributed by atoms with Crippen molar-refractivity contribution in [2.45, 2.75) is 51.9 Å². The van der Waals surface area contributed by atoms with Crippen molar-refractivity contribution in [1.82, 2.24) is 5.32 Å². The minimum absolute atomic E-state index is 0.0508. The van der Waals surface area contributed by atoms with Crippen molar-refractivity contribution in [3.05, 3.63) is 65.7 Å². The second-order valence-electron chi connectivity index (χ2n) is 7.98. The van der Waals surface area contributed by atoms with Crippen LogP contribution in [0.3, 0.4) is 0 Å². The molecule has 166 valence electrons. The number of methoxy groups -OCH3 is 1. The van der Waals surface area contributed by atoms with Crippen LogP contribution in [-0.2, 0) is 20.9 Å². The average Bonchev–Trinajstić information content (AvgIpc) is 2.74. The summed E-state index contributed by atoms with van der Waals surface area (Å²) in [5.41, 5.74) is 0.585. The number of rotatable bonds is 9. The van der Waals surface area contributed by atoms with Gasteiger partial charge in [0.15, 0.2) is 5.78 Å². The first kappa shape index (κ1) is 23.9. The fourth-order valence-corrected chi connectivity index (χ4v) is 2.73. The predicted octanol–water partition coefficient (Wildman–Crippen LogP) is 4.29. The molecular weight excluding hydrogens is 398 g/mol. The number of hydrogen-bond acceptors (Lipinski definition) is 6. The Morgan fingerprint density at radius 2 is 1.61 bits per heavy atom. The van der Waals surface area contributed by atoms with Crippen molar-refractivity contribution in [2.75, 3.05) is 7.11 Å². The van der Waals surface area contributed by atoms with E-state index in [-0.39, 0.29) is 25.2 Å². The first-order valence-corrected chi connectivity index (χ1v) is 10.1. The number of benzene rings is 2. The van der Waals surface area contributed by atoms with Gasteiger partial charge in [-0.1, -0.05) is 30.3 Å². The van der Waals surface area contributed by atoms with Crippen molar-refractivity contribution in [1.29, 1.82) is 0 Å². The molecule has 0 radical (unpaired) electrons. The Balaban J connectivity index is 1.98. The molecule has 0 aliphatic rings. The van der Waals surface area contributed by atoms with Gasteiger partial charge in [-0.05, 0) is 57.0 Å². The van der Waals surface area contributed by atoms with Crippen molar-refractivity contribution in [3.63, 3.8) is 0 Å². The molecule has 7 heteroatoms. The molecule has 0 aliphatic carbocycles. The second kappa shape index (κ2) is 11.2. The zero-order valence-corrected chi connectivity index (χ0v) is 18.3. The van der Waals surface area contributed by atoms with Crippen LogP contribution in [0.5, 0.6) is 5.75 Å². The maximum atomic E-state index is 12.6. The van der Waals surface area contributed by atoms with Gasteiger partial charge in [-0.3, -0.25) is 4.79 Å². The van der Waals surface area contributed by atoms with Gasteiger partial charge >= 0.3 is 12.1 Å². The maximum absolute atomic E-state index is 12.6. The molecule has 0 aromatic heterocycles. The fraction of sp³-hybridized carbons (Fsp3) is 0.375. The van der Waals surface area contributed by atoms with E-state index in [0.717, 1.165) is 5.56 Å². The molecular formula is C24H29NO6. The Hall–Kier alpha value is -3.35. The van der Waals surface area contributed by atoms with Crippen LogP contribution in [0, 0.1) is 0 Å². The maximum Gasteiger partial charge on any atom is 0.408 e. The highest BCUT2D eigenvalue weighted by Gasteiger charge is 2.28. The van der Waals surface area contributed by atoms with E-state index >= 15 is 0 Å². The van der Waals surface area contributed by atoms with Gasteiger partial charge in [0.1, 0.15) is 24.0 Å². The number of esters is 1. The molecule has 0 saturated heterocycles. The van der Waals surface area contributed by atoms with Gasteiger partial charge in [0.25, 0.3) is 0 Å². The summed E-state index contributed by atoms with van der Waals surface area (Å²) in [5, 5.41) is 2.53. The molecule has 0 bridgehead atoms. The number of nitrogens with one attached hydrogen (secondary N) is 1. The molecule has 1 amide bonds. The van der Waals surface area contributed by atoms with Gasteiger partial charge in [-0.15, -0.1) is 0 Å². The molecule has 2 rings (SSSR count). The SMILES string of the molecule is COc1ccc(C(=O)CCC(NC(=O)OCc2ccccc2)C(=O)OC(C)(C)C)cc1. The van der Waals surface area contributed by atoms with Crippen LogP contribution >= 0.6 is 0 Å². The number of ketones is 1. The lowest BCUT2D eigenvalue weighted by molar-refractivity contribution is -0.157. The molecule has 1 atom stereocenters. The zero-order valence-electron chi connectivity index (χ0n) is 18.3. The summed E-state index contributed by atoms with van der Waals surface area (Å²) in [6.07, 6.45) is -0.619. The summed E-state index contributed by atoms with van der Waals surface area (Å²) in [7, 11) is 1.55. The predicted molar refractivity (Wildman–Crippen MR) is 116 cm³/mol. The monoisotopic (exact) mass is 427 g/mol. The Kier molecular flexibility index (Phi) is 8.61. The topological polar surface area (TPSA) is 90.9 Å². The van der Waals surface area contributed by atoms with E-state index in [2.05, 4.69) is 5.32 Å². The van der Waals surface area contributed by atoms with Crippen molar-refractivity contribution in [2.24, 2.45) is 0 Å². The third-order valence-electron chi connectivity index (χ3n) is 4.27. The summed E-state index contributed by atoms with van der Waals surface area (Å²) in [5.74, 6) is -0.131. The molecule has 1 N–H and O–H groups in total. The van der Waals surface area contributed by atoms with Gasteiger partial charge in [0, 0.05) is 12.0 Å². The van der Waals surface area contributed by atoms with E-state index in [1.54, 1.807) is 52.1 Å². The first-order chi connectivity index (χ1) is 14.7. The van der Waals surface area contributed by atoms with Gasteiger partial charge < -0.3 is 19.5 Å². The number of carbonyl (C=O) groups excluding carboxylic acids is 3. The molecule has 0 spiro atoms. The van der Waals surface area contributed by atoms with E-state index in [0.29, 0.717) is 11.3 Å². The number of Topliss-reactive ketones (excluding diaryl/α,β-unsaturated/α-hetero) is 1. The number of hydrogen-bond donors (Lipinski definition) is 1. The van der Waals surface area contributed by atoms with Gasteiger partial charge in [0.05, 0.1) is 7.11 Å². The lowest BCUT2D eigenvalue weighted by Crippen LogP contribution is -2.44. The van der Waals surface area contributed by atoms with Crippen LogP contribution in [0.4, 0.5) is 4.79 Å². The molecule has 2 aromatic carbocycles. The molecule has 1 unspecified atom stereocenters. The Morgan fingerprint density at radius 3 is 2.19 bits per heavy atom. The highest BCUT2D eigenvalue weighted by Crippen LogP contribution is 2.16. The van der Waals surface area contributed by atoms with E-state index in [1.165, 1.54) is 0 Å². The fourth-order valence-electron chi connectivity index (χ4n) is 2.73. The largest absolute Gasteiger partial charge is 0.497 e. The summed E-state index contributed by atoms with van der Waals surface area (Å²) >= 11 is 0. The van der Waals surface area contributed by atoms with Crippen LogP contribution < -0.4 is 10.1 Å². The van der Waals surface area contributed by atoms with Crippen LogP contribution in [0.15, 0.2) is 54.6 Å². The van der Waals surface area contributed by atoms with E-state index in [1.807, 2.05) is 30.3 Å². The van der Waals surface area contributed by atoms with Crippen LogP contribution in [0.1, 0.15) is 49.5 Å². The molecule has 0 fully saturated rings. The molecule has 2 aromatic rings. The molecule has 0 aliphatic heterocycles. The van der Waals surface area contributed by atoms with E-state index < -0.39 is 23.7 Å². The summed E-state index contributed by atoms with van der Waals surface area (Å²) in [6.45, 7) is 5.27. The van der Waals surface area contributed by atoms with Crippen LogP contribution in [0.25, 0.3) is 0 Å². The molecule has 7 nitrogen and oxygen atoms in total. The Labute approximate surface area is 182 Å². The van der Waals surface area contributed by atoms with E-state index in [9.17, 15) is 14.4 Å². The third kappa shape index (κ3) is 8.50. The van der Waals surface area contributed by atoms with Gasteiger partial charge in [0.2, 0.25) is 0 Å². The van der Waals surface area contributed by atoms with Gasteiger partial charge in [-0.2, -0.15) is 0 Å². The lowest BCUT2D eigenvalue weighted by atomic mass is 10.0. The summed E-state index contributed by atoms with van der Waals surface area (Å²) in [4.78, 5) is 37.3. The normalized spacial score (nSPS) is 11.9. The summed E-state index contributed by atoms with van der Waals surface area (Å²) < 4.78 is 15.7. The molecule has 31 heavy (non-hydrogen) atoms. The quantitative estimate of drug-likeness (QED) is 0.474. The number of alkyl carbamates (subject to hydrolysis) is 1. The third-order valence-corrected chi connectivity index (χ3v) is 4.27. The molecule has 0 heterocycles. The minimum atomic E-state index is -1.01. The van der Waals surface area contributed by atoms with Crippen molar-refractivity contribution < 1.29 is 28.6 Å². The smallest absolute Gasteiger partial charge is 0.408 e. The highest BCUT2D eigenvalue weighted by molar-refractivity contribution is 5.96. The van der Waals surface area contributed by atoms with Crippen molar-refractivity contribution >= 4 is 17.8 Å². The highest BCUT2D eigenvalue weighted by atomic mass is 16.6.